The molecule has 1 N–H and O–H groups in total. The Labute approximate surface area is 158 Å². The van der Waals surface area contributed by atoms with E-state index in [1.165, 1.54) is 0 Å². The number of aryl methyl sites for hydroxylation is 2. The molecule has 146 valence electrons. The van der Waals surface area contributed by atoms with Crippen molar-refractivity contribution >= 4 is 11.8 Å². The quantitative estimate of drug-likeness (QED) is 0.768. The van der Waals surface area contributed by atoms with Crippen molar-refractivity contribution in [2.24, 2.45) is 0 Å². The number of ether oxygens (including phenoxy) is 1. The third-order valence-corrected chi connectivity index (χ3v) is 4.66. The predicted octanol–water partition coefficient (Wildman–Crippen LogP) is 2.82. The number of nitrogens with one attached hydrogen (secondary N) is 1. The summed E-state index contributed by atoms with van der Waals surface area (Å²) in [5, 5.41) is 2.81. The monoisotopic (exact) mass is 374 g/mol. The Morgan fingerprint density at radius 2 is 2.19 bits per heavy atom. The molecule has 3 rings (SSSR count). The third kappa shape index (κ3) is 5.23. The number of furan rings is 2. The van der Waals surface area contributed by atoms with Crippen molar-refractivity contribution in [3.05, 3.63) is 47.3 Å². The Bertz CT molecular complexity index is 759. The minimum absolute atomic E-state index is 0.0217. The second-order valence-electron chi connectivity index (χ2n) is 6.82. The lowest BCUT2D eigenvalue weighted by atomic mass is 10.1. The first-order valence-corrected chi connectivity index (χ1v) is 9.30. The maximum atomic E-state index is 13.0. The van der Waals surface area contributed by atoms with E-state index in [0.29, 0.717) is 42.5 Å². The van der Waals surface area contributed by atoms with Crippen LogP contribution in [0.5, 0.6) is 0 Å². The molecule has 1 saturated heterocycles. The van der Waals surface area contributed by atoms with Crippen LogP contribution in [0.1, 0.15) is 46.9 Å². The molecule has 1 fully saturated rings. The van der Waals surface area contributed by atoms with Crippen molar-refractivity contribution in [1.82, 2.24) is 10.2 Å². The Kier molecular flexibility index (Phi) is 6.34. The van der Waals surface area contributed by atoms with Crippen LogP contribution in [-0.4, -0.2) is 42.5 Å². The molecule has 0 spiro atoms. The summed E-state index contributed by atoms with van der Waals surface area (Å²) in [5.41, 5.74) is 0.543. The molecule has 0 bridgehead atoms. The molecule has 7 heteroatoms. The summed E-state index contributed by atoms with van der Waals surface area (Å²) in [4.78, 5) is 26.9. The highest BCUT2D eigenvalue weighted by Crippen LogP contribution is 2.19. The van der Waals surface area contributed by atoms with Gasteiger partial charge in [-0.15, -0.1) is 0 Å². The Hall–Kier alpha value is -2.54. The highest BCUT2D eigenvalue weighted by atomic mass is 16.5. The van der Waals surface area contributed by atoms with Crippen LogP contribution >= 0.6 is 0 Å². The molecular formula is C20H26N2O5. The SMILES string of the molecule is Cc1cc(C(=O)N(CCC(=O)NCc2ccco2)CC2CCCO2)c(C)o1. The number of nitrogens with zero attached hydrogens (tertiary/aromatic N) is 1. The van der Waals surface area contributed by atoms with Crippen LogP contribution in [0.3, 0.4) is 0 Å². The normalized spacial score (nSPS) is 16.4. The number of carbonyl (C=O) groups excluding carboxylic acids is 2. The average molecular weight is 374 g/mol. The average Bonchev–Trinajstić information content (AvgIpc) is 3.39. The van der Waals surface area contributed by atoms with Crippen LogP contribution in [0, 0.1) is 13.8 Å². The number of hydrogen-bond donors (Lipinski definition) is 1. The zero-order valence-corrected chi connectivity index (χ0v) is 15.8. The molecule has 1 aliphatic rings. The second-order valence-corrected chi connectivity index (χ2v) is 6.82. The van der Waals surface area contributed by atoms with Crippen molar-refractivity contribution in [1.29, 1.82) is 0 Å². The summed E-state index contributed by atoms with van der Waals surface area (Å²) in [6.45, 7) is 5.46. The first-order valence-electron chi connectivity index (χ1n) is 9.30. The molecule has 3 heterocycles. The second kappa shape index (κ2) is 8.90. The van der Waals surface area contributed by atoms with Crippen molar-refractivity contribution in [3.63, 3.8) is 0 Å². The van der Waals surface area contributed by atoms with E-state index in [0.717, 1.165) is 19.4 Å². The van der Waals surface area contributed by atoms with E-state index in [2.05, 4.69) is 5.32 Å². The molecule has 1 aliphatic heterocycles. The van der Waals surface area contributed by atoms with Gasteiger partial charge in [0.2, 0.25) is 5.91 Å². The fourth-order valence-corrected chi connectivity index (χ4v) is 3.25. The van der Waals surface area contributed by atoms with Gasteiger partial charge in [0.25, 0.3) is 5.91 Å². The largest absolute Gasteiger partial charge is 0.467 e. The van der Waals surface area contributed by atoms with Gasteiger partial charge in [-0.05, 0) is 44.9 Å². The molecule has 7 nitrogen and oxygen atoms in total. The van der Waals surface area contributed by atoms with Gasteiger partial charge in [0, 0.05) is 26.1 Å². The number of carbonyl (C=O) groups is 2. The van der Waals surface area contributed by atoms with Gasteiger partial charge >= 0.3 is 0 Å². The molecule has 0 aromatic carbocycles. The van der Waals surface area contributed by atoms with Crippen molar-refractivity contribution in [3.8, 4) is 0 Å². The lowest BCUT2D eigenvalue weighted by Gasteiger charge is -2.25. The topological polar surface area (TPSA) is 84.9 Å². The molecule has 2 aromatic rings. The minimum atomic E-state index is -0.128. The zero-order valence-electron chi connectivity index (χ0n) is 15.8. The summed E-state index contributed by atoms with van der Waals surface area (Å²) in [7, 11) is 0. The van der Waals surface area contributed by atoms with Crippen LogP contribution in [0.4, 0.5) is 0 Å². The van der Waals surface area contributed by atoms with E-state index in [4.69, 9.17) is 13.6 Å². The molecule has 2 aromatic heterocycles. The summed E-state index contributed by atoms with van der Waals surface area (Å²) in [6.07, 6.45) is 3.74. The Morgan fingerprint density at radius 1 is 1.33 bits per heavy atom. The third-order valence-electron chi connectivity index (χ3n) is 4.66. The van der Waals surface area contributed by atoms with Crippen LogP contribution in [0.25, 0.3) is 0 Å². The van der Waals surface area contributed by atoms with Crippen molar-refractivity contribution < 1.29 is 23.2 Å². The Morgan fingerprint density at radius 3 is 2.81 bits per heavy atom. The van der Waals surface area contributed by atoms with Gasteiger partial charge in [0.05, 0.1) is 24.5 Å². The summed E-state index contributed by atoms with van der Waals surface area (Å²) in [6, 6.07) is 5.33. The zero-order chi connectivity index (χ0) is 19.2. The van der Waals surface area contributed by atoms with E-state index in [9.17, 15) is 9.59 Å². The standard InChI is InChI=1S/C20H26N2O5/c1-14-11-18(15(2)27-14)20(24)22(13-17-6-4-10-26-17)8-7-19(23)21-12-16-5-3-9-25-16/h3,5,9,11,17H,4,6-8,10,12-13H2,1-2H3,(H,21,23). The van der Waals surface area contributed by atoms with Crippen molar-refractivity contribution in [2.45, 2.75) is 45.8 Å². The highest BCUT2D eigenvalue weighted by Gasteiger charge is 2.26. The van der Waals surface area contributed by atoms with Gasteiger partial charge in [-0.25, -0.2) is 0 Å². The van der Waals surface area contributed by atoms with Crippen LogP contribution in [0.2, 0.25) is 0 Å². The first kappa shape index (κ1) is 19.2. The van der Waals surface area contributed by atoms with Gasteiger partial charge in [-0.1, -0.05) is 0 Å². The smallest absolute Gasteiger partial charge is 0.257 e. The van der Waals surface area contributed by atoms with Crippen molar-refractivity contribution in [2.75, 3.05) is 19.7 Å². The van der Waals surface area contributed by atoms with E-state index in [-0.39, 0.29) is 24.3 Å². The summed E-state index contributed by atoms with van der Waals surface area (Å²) < 4.78 is 16.4. The van der Waals surface area contributed by atoms with Crippen LogP contribution < -0.4 is 5.32 Å². The molecule has 0 saturated carbocycles. The maximum absolute atomic E-state index is 13.0. The van der Waals surface area contributed by atoms with Gasteiger partial charge < -0.3 is 23.8 Å². The molecule has 1 unspecified atom stereocenters. The van der Waals surface area contributed by atoms with Crippen LogP contribution in [-0.2, 0) is 16.1 Å². The summed E-state index contributed by atoms with van der Waals surface area (Å²) >= 11 is 0. The maximum Gasteiger partial charge on any atom is 0.257 e. The lowest BCUT2D eigenvalue weighted by Crippen LogP contribution is -2.40. The first-order chi connectivity index (χ1) is 13.0. The van der Waals surface area contributed by atoms with Crippen LogP contribution in [0.15, 0.2) is 33.3 Å². The molecule has 2 amide bonds. The molecule has 0 radical (unpaired) electrons. The minimum Gasteiger partial charge on any atom is -0.467 e. The highest BCUT2D eigenvalue weighted by molar-refractivity contribution is 5.95. The molecule has 0 aliphatic carbocycles. The van der Waals surface area contributed by atoms with E-state index < -0.39 is 0 Å². The fraction of sp³-hybridized carbons (Fsp3) is 0.500. The number of amides is 2. The van der Waals surface area contributed by atoms with Gasteiger partial charge in [0.15, 0.2) is 0 Å². The lowest BCUT2D eigenvalue weighted by molar-refractivity contribution is -0.121. The van der Waals surface area contributed by atoms with E-state index in [1.807, 2.05) is 6.92 Å². The van der Waals surface area contributed by atoms with E-state index >= 15 is 0 Å². The molecule has 27 heavy (non-hydrogen) atoms. The molecular weight excluding hydrogens is 348 g/mol. The number of rotatable bonds is 8. The van der Waals surface area contributed by atoms with Gasteiger partial charge in [-0.2, -0.15) is 0 Å². The summed E-state index contributed by atoms with van der Waals surface area (Å²) in [5.74, 6) is 1.73. The Balaban J connectivity index is 1.59. The number of hydrogen-bond acceptors (Lipinski definition) is 5. The van der Waals surface area contributed by atoms with Gasteiger partial charge in [-0.3, -0.25) is 9.59 Å². The predicted molar refractivity (Wildman–Crippen MR) is 98.2 cm³/mol. The van der Waals surface area contributed by atoms with E-state index in [1.54, 1.807) is 36.3 Å². The molecule has 1 atom stereocenters. The van der Waals surface area contributed by atoms with Gasteiger partial charge in [0.1, 0.15) is 17.3 Å². The fourth-order valence-electron chi connectivity index (χ4n) is 3.25.